The maximum absolute atomic E-state index is 11.2. The van der Waals surface area contributed by atoms with E-state index in [0.29, 0.717) is 13.2 Å². The predicted octanol–water partition coefficient (Wildman–Crippen LogP) is 1.52. The number of ether oxygens (including phenoxy) is 3. The molecule has 15 heavy (non-hydrogen) atoms. The van der Waals surface area contributed by atoms with Gasteiger partial charge >= 0.3 is 6.09 Å². The molecule has 0 fully saturated rings. The van der Waals surface area contributed by atoms with Crippen molar-refractivity contribution in [1.82, 2.24) is 5.32 Å². The van der Waals surface area contributed by atoms with E-state index in [4.69, 9.17) is 14.2 Å². The Hall–Kier alpha value is -0.810. The van der Waals surface area contributed by atoms with Crippen LogP contribution in [0, 0.1) is 0 Å². The van der Waals surface area contributed by atoms with Crippen molar-refractivity contribution in [1.29, 1.82) is 0 Å². The molecule has 0 aromatic rings. The molecule has 0 rings (SSSR count). The lowest BCUT2D eigenvalue weighted by Crippen LogP contribution is -2.34. The van der Waals surface area contributed by atoms with Gasteiger partial charge in [-0.05, 0) is 27.7 Å². The average molecular weight is 219 g/mol. The Bertz CT molecular complexity index is 188. The van der Waals surface area contributed by atoms with Gasteiger partial charge in [-0.15, -0.1) is 0 Å². The first-order valence-electron chi connectivity index (χ1n) is 4.96. The van der Waals surface area contributed by atoms with Crippen molar-refractivity contribution in [3.63, 3.8) is 0 Å². The molecule has 0 heterocycles. The third kappa shape index (κ3) is 9.49. The maximum Gasteiger partial charge on any atom is 0.407 e. The quantitative estimate of drug-likeness (QED) is 0.562. The summed E-state index contributed by atoms with van der Waals surface area (Å²) in [6.45, 7) is 8.03. The van der Waals surface area contributed by atoms with Crippen molar-refractivity contribution in [2.75, 3.05) is 20.3 Å². The number of carbonyl (C=O) groups is 1. The van der Waals surface area contributed by atoms with Crippen LogP contribution in [0.5, 0.6) is 0 Å². The van der Waals surface area contributed by atoms with E-state index in [1.54, 1.807) is 14.0 Å². The second kappa shape index (κ2) is 6.63. The van der Waals surface area contributed by atoms with Crippen LogP contribution in [0.3, 0.4) is 0 Å². The molecule has 1 unspecified atom stereocenters. The summed E-state index contributed by atoms with van der Waals surface area (Å²) in [5.41, 5.74) is -0.467. The SMILES string of the molecule is COC(C)OCCNC(=O)OC(C)(C)C. The smallest absolute Gasteiger partial charge is 0.407 e. The predicted molar refractivity (Wildman–Crippen MR) is 56.7 cm³/mol. The fraction of sp³-hybridized carbons (Fsp3) is 0.900. The van der Waals surface area contributed by atoms with Gasteiger partial charge in [-0.3, -0.25) is 0 Å². The number of alkyl carbamates (subject to hydrolysis) is 1. The molecule has 1 amide bonds. The fourth-order valence-corrected chi connectivity index (χ4v) is 0.760. The van der Waals surface area contributed by atoms with Gasteiger partial charge in [-0.25, -0.2) is 4.79 Å². The molecular formula is C10H21NO4. The van der Waals surface area contributed by atoms with Crippen LogP contribution in [-0.4, -0.2) is 38.2 Å². The van der Waals surface area contributed by atoms with E-state index >= 15 is 0 Å². The minimum absolute atomic E-state index is 0.259. The van der Waals surface area contributed by atoms with Crippen molar-refractivity contribution in [3.05, 3.63) is 0 Å². The Balaban J connectivity index is 3.48. The summed E-state index contributed by atoms with van der Waals surface area (Å²) in [5, 5.41) is 2.58. The molecular weight excluding hydrogens is 198 g/mol. The Kier molecular flexibility index (Phi) is 6.27. The van der Waals surface area contributed by atoms with E-state index < -0.39 is 11.7 Å². The summed E-state index contributed by atoms with van der Waals surface area (Å²) in [5.74, 6) is 0. The summed E-state index contributed by atoms with van der Waals surface area (Å²) in [6.07, 6.45) is -0.693. The van der Waals surface area contributed by atoms with Crippen LogP contribution in [0.15, 0.2) is 0 Å². The lowest BCUT2D eigenvalue weighted by Gasteiger charge is -2.19. The molecule has 0 radical (unpaired) electrons. The van der Waals surface area contributed by atoms with Crippen molar-refractivity contribution in [2.24, 2.45) is 0 Å². The first-order chi connectivity index (χ1) is 6.85. The first-order valence-corrected chi connectivity index (χ1v) is 4.96. The molecule has 1 N–H and O–H groups in total. The molecule has 90 valence electrons. The normalized spacial score (nSPS) is 13.4. The molecule has 0 saturated carbocycles. The molecule has 0 aromatic heterocycles. The summed E-state index contributed by atoms with van der Waals surface area (Å²) < 4.78 is 15.1. The maximum atomic E-state index is 11.2. The highest BCUT2D eigenvalue weighted by Crippen LogP contribution is 2.06. The van der Waals surface area contributed by atoms with Crippen molar-refractivity contribution >= 4 is 6.09 Å². The third-order valence-corrected chi connectivity index (χ3v) is 1.45. The number of rotatable bonds is 5. The van der Waals surface area contributed by atoms with Gasteiger partial charge < -0.3 is 19.5 Å². The fourth-order valence-electron chi connectivity index (χ4n) is 0.760. The Morgan fingerprint density at radius 2 is 2.00 bits per heavy atom. The third-order valence-electron chi connectivity index (χ3n) is 1.45. The van der Waals surface area contributed by atoms with Crippen LogP contribution in [0.25, 0.3) is 0 Å². The van der Waals surface area contributed by atoms with Crippen LogP contribution in [0.1, 0.15) is 27.7 Å². The van der Waals surface area contributed by atoms with E-state index in [-0.39, 0.29) is 6.29 Å². The summed E-state index contributed by atoms with van der Waals surface area (Å²) in [6, 6.07) is 0. The average Bonchev–Trinajstić information content (AvgIpc) is 2.09. The number of nitrogens with one attached hydrogen (secondary N) is 1. The monoisotopic (exact) mass is 219 g/mol. The summed E-state index contributed by atoms with van der Waals surface area (Å²) >= 11 is 0. The van der Waals surface area contributed by atoms with Gasteiger partial charge in [0, 0.05) is 13.7 Å². The lowest BCUT2D eigenvalue weighted by molar-refractivity contribution is -0.109. The number of hydrogen-bond donors (Lipinski definition) is 1. The number of carbonyl (C=O) groups excluding carboxylic acids is 1. The van der Waals surface area contributed by atoms with Gasteiger partial charge in [-0.1, -0.05) is 0 Å². The van der Waals surface area contributed by atoms with Gasteiger partial charge in [0.2, 0.25) is 0 Å². The highest BCUT2D eigenvalue weighted by atomic mass is 16.7. The largest absolute Gasteiger partial charge is 0.444 e. The van der Waals surface area contributed by atoms with Crippen molar-refractivity contribution in [2.45, 2.75) is 39.6 Å². The van der Waals surface area contributed by atoms with Crippen molar-refractivity contribution in [3.8, 4) is 0 Å². The van der Waals surface area contributed by atoms with Crippen LogP contribution in [-0.2, 0) is 14.2 Å². The van der Waals surface area contributed by atoms with Crippen LogP contribution >= 0.6 is 0 Å². The molecule has 5 heteroatoms. The molecule has 0 aromatic carbocycles. The first kappa shape index (κ1) is 14.2. The zero-order valence-electron chi connectivity index (χ0n) is 10.1. The van der Waals surface area contributed by atoms with E-state index in [1.807, 2.05) is 20.8 Å². The zero-order chi connectivity index (χ0) is 11.9. The Morgan fingerprint density at radius 3 is 2.47 bits per heavy atom. The minimum Gasteiger partial charge on any atom is -0.444 e. The minimum atomic E-state index is -0.467. The highest BCUT2D eigenvalue weighted by molar-refractivity contribution is 5.67. The zero-order valence-corrected chi connectivity index (χ0v) is 10.1. The number of methoxy groups -OCH3 is 1. The van der Waals surface area contributed by atoms with Gasteiger partial charge in [0.1, 0.15) is 5.60 Å². The van der Waals surface area contributed by atoms with E-state index in [9.17, 15) is 4.79 Å². The van der Waals surface area contributed by atoms with Crippen LogP contribution in [0.2, 0.25) is 0 Å². The Morgan fingerprint density at radius 1 is 1.40 bits per heavy atom. The standard InChI is InChI=1S/C10H21NO4/c1-8(13-5)14-7-6-11-9(12)15-10(2,3)4/h8H,6-7H2,1-5H3,(H,11,12). The lowest BCUT2D eigenvalue weighted by atomic mass is 10.2. The molecule has 1 atom stereocenters. The molecule has 0 bridgehead atoms. The number of amides is 1. The second-order valence-electron chi connectivity index (χ2n) is 4.10. The van der Waals surface area contributed by atoms with Crippen molar-refractivity contribution < 1.29 is 19.0 Å². The molecule has 0 aliphatic heterocycles. The summed E-state index contributed by atoms with van der Waals surface area (Å²) in [7, 11) is 1.56. The molecule has 0 aliphatic rings. The topological polar surface area (TPSA) is 56.8 Å². The molecule has 0 aliphatic carbocycles. The summed E-state index contributed by atoms with van der Waals surface area (Å²) in [4.78, 5) is 11.2. The molecule has 5 nitrogen and oxygen atoms in total. The van der Waals surface area contributed by atoms with Gasteiger partial charge in [0.25, 0.3) is 0 Å². The van der Waals surface area contributed by atoms with E-state index in [0.717, 1.165) is 0 Å². The van der Waals surface area contributed by atoms with E-state index in [1.165, 1.54) is 0 Å². The molecule has 0 saturated heterocycles. The number of hydrogen-bond acceptors (Lipinski definition) is 4. The second-order valence-corrected chi connectivity index (χ2v) is 4.10. The van der Waals surface area contributed by atoms with Crippen LogP contribution < -0.4 is 5.32 Å². The van der Waals surface area contributed by atoms with Crippen LogP contribution in [0.4, 0.5) is 4.79 Å². The van der Waals surface area contributed by atoms with Gasteiger partial charge in [0.05, 0.1) is 6.61 Å². The van der Waals surface area contributed by atoms with Gasteiger partial charge in [0.15, 0.2) is 6.29 Å². The molecule has 0 spiro atoms. The highest BCUT2D eigenvalue weighted by Gasteiger charge is 2.15. The van der Waals surface area contributed by atoms with E-state index in [2.05, 4.69) is 5.32 Å². The Labute approximate surface area is 91.1 Å². The van der Waals surface area contributed by atoms with Gasteiger partial charge in [-0.2, -0.15) is 0 Å².